The number of furan rings is 1. The Kier molecular flexibility index (Phi) is 3.99. The van der Waals surface area contributed by atoms with Gasteiger partial charge in [0, 0.05) is 32.3 Å². The first-order valence-corrected chi connectivity index (χ1v) is 11.2. The second kappa shape index (κ2) is 6.76. The number of para-hydroxylation sites is 1. The van der Waals surface area contributed by atoms with Gasteiger partial charge in [0.25, 0.3) is 0 Å². The summed E-state index contributed by atoms with van der Waals surface area (Å²) in [6.07, 6.45) is 0. The summed E-state index contributed by atoms with van der Waals surface area (Å²) >= 11 is 1.75. The van der Waals surface area contributed by atoms with Gasteiger partial charge >= 0.3 is 0 Å². The molecular weight excluding hydrogens is 400 g/mol. The van der Waals surface area contributed by atoms with Crippen LogP contribution in [0, 0.1) is 20.8 Å². The van der Waals surface area contributed by atoms with E-state index < -0.39 is 0 Å². The SMILES string of the molecule is Cc1ccc2c(n1)oc1c(-c3ccc4cc(-c5c(C)cccc5C)sc4n3)cccc12. The van der Waals surface area contributed by atoms with Crippen LogP contribution in [0.15, 0.2) is 71.1 Å². The van der Waals surface area contributed by atoms with E-state index in [1.807, 2.05) is 13.0 Å². The number of pyridine rings is 2. The largest absolute Gasteiger partial charge is 0.437 e. The highest BCUT2D eigenvalue weighted by molar-refractivity contribution is 7.21. The minimum Gasteiger partial charge on any atom is -0.437 e. The Labute approximate surface area is 184 Å². The Balaban J connectivity index is 1.54. The molecule has 0 saturated heterocycles. The summed E-state index contributed by atoms with van der Waals surface area (Å²) in [5.74, 6) is 0. The first-order chi connectivity index (χ1) is 15.1. The molecule has 6 rings (SSSR count). The zero-order valence-electron chi connectivity index (χ0n) is 17.6. The summed E-state index contributed by atoms with van der Waals surface area (Å²) in [7, 11) is 0. The summed E-state index contributed by atoms with van der Waals surface area (Å²) in [5.41, 5.74) is 8.29. The van der Waals surface area contributed by atoms with Crippen molar-refractivity contribution >= 4 is 43.6 Å². The molecule has 6 aromatic rings. The van der Waals surface area contributed by atoms with Crippen LogP contribution < -0.4 is 0 Å². The van der Waals surface area contributed by atoms with E-state index >= 15 is 0 Å². The van der Waals surface area contributed by atoms with Crippen molar-refractivity contribution in [1.82, 2.24) is 9.97 Å². The molecule has 0 fully saturated rings. The van der Waals surface area contributed by atoms with Crippen LogP contribution in [0.5, 0.6) is 0 Å². The fourth-order valence-corrected chi connectivity index (χ4v) is 5.57. The van der Waals surface area contributed by atoms with Gasteiger partial charge in [-0.15, -0.1) is 11.3 Å². The Bertz CT molecular complexity index is 1600. The third-order valence-electron chi connectivity index (χ3n) is 5.89. The van der Waals surface area contributed by atoms with Gasteiger partial charge in [-0.05, 0) is 73.9 Å². The average molecular weight is 421 g/mol. The Hall–Kier alpha value is -3.50. The first kappa shape index (κ1) is 18.3. The van der Waals surface area contributed by atoms with Crippen molar-refractivity contribution in [2.24, 2.45) is 0 Å². The predicted octanol–water partition coefficient (Wildman–Crippen LogP) is 7.85. The highest BCUT2D eigenvalue weighted by Gasteiger charge is 2.15. The van der Waals surface area contributed by atoms with Crippen molar-refractivity contribution < 1.29 is 4.42 Å². The summed E-state index contributed by atoms with van der Waals surface area (Å²) < 4.78 is 6.19. The minimum absolute atomic E-state index is 0.678. The van der Waals surface area contributed by atoms with Crippen LogP contribution in [0.3, 0.4) is 0 Å². The summed E-state index contributed by atoms with van der Waals surface area (Å²) in [5, 5.41) is 3.28. The number of thiophene rings is 1. The second-order valence-electron chi connectivity index (χ2n) is 8.06. The van der Waals surface area contributed by atoms with Crippen molar-refractivity contribution in [3.63, 3.8) is 0 Å². The number of aryl methyl sites for hydroxylation is 3. The average Bonchev–Trinajstić information content (AvgIpc) is 3.33. The zero-order chi connectivity index (χ0) is 21.1. The van der Waals surface area contributed by atoms with Crippen LogP contribution >= 0.6 is 11.3 Å². The normalized spacial score (nSPS) is 11.7. The van der Waals surface area contributed by atoms with Gasteiger partial charge in [0.15, 0.2) is 0 Å². The monoisotopic (exact) mass is 420 g/mol. The van der Waals surface area contributed by atoms with Crippen LogP contribution in [-0.2, 0) is 0 Å². The number of nitrogens with zero attached hydrogens (tertiary/aromatic N) is 2. The third-order valence-corrected chi connectivity index (χ3v) is 6.95. The maximum atomic E-state index is 6.19. The summed E-state index contributed by atoms with van der Waals surface area (Å²) in [6, 6.07) is 23.3. The molecule has 0 saturated carbocycles. The van der Waals surface area contributed by atoms with Gasteiger partial charge in [0.1, 0.15) is 10.4 Å². The van der Waals surface area contributed by atoms with E-state index in [0.29, 0.717) is 5.71 Å². The molecule has 0 aliphatic carbocycles. The van der Waals surface area contributed by atoms with Crippen molar-refractivity contribution in [1.29, 1.82) is 0 Å². The molecule has 0 spiro atoms. The van der Waals surface area contributed by atoms with E-state index in [2.05, 4.69) is 79.5 Å². The van der Waals surface area contributed by atoms with Crippen LogP contribution in [0.2, 0.25) is 0 Å². The molecule has 0 aliphatic heterocycles. The Morgan fingerprint density at radius 3 is 2.42 bits per heavy atom. The fraction of sp³-hybridized carbons (Fsp3) is 0.111. The number of rotatable bonds is 2. The molecule has 0 atom stereocenters. The molecule has 4 heterocycles. The lowest BCUT2D eigenvalue weighted by atomic mass is 10.0. The van der Waals surface area contributed by atoms with Gasteiger partial charge in [-0.2, -0.15) is 0 Å². The van der Waals surface area contributed by atoms with Crippen LogP contribution in [0.4, 0.5) is 0 Å². The third kappa shape index (κ3) is 2.87. The van der Waals surface area contributed by atoms with Gasteiger partial charge in [-0.25, -0.2) is 9.97 Å². The molecule has 0 amide bonds. The van der Waals surface area contributed by atoms with Crippen molar-refractivity contribution in [3.05, 3.63) is 83.6 Å². The maximum Gasteiger partial charge on any atom is 0.227 e. The molecular formula is C27H20N2OS. The molecule has 4 aromatic heterocycles. The van der Waals surface area contributed by atoms with Crippen LogP contribution in [0.1, 0.15) is 16.8 Å². The molecule has 0 bridgehead atoms. The number of hydrogen-bond donors (Lipinski definition) is 0. The lowest BCUT2D eigenvalue weighted by Gasteiger charge is -2.06. The second-order valence-corrected chi connectivity index (χ2v) is 9.09. The van der Waals surface area contributed by atoms with Crippen LogP contribution in [-0.4, -0.2) is 9.97 Å². The molecule has 150 valence electrons. The molecule has 4 heteroatoms. The molecule has 0 radical (unpaired) electrons. The summed E-state index contributed by atoms with van der Waals surface area (Å²) in [4.78, 5) is 11.9. The van der Waals surface area contributed by atoms with Crippen LogP contribution in [0.25, 0.3) is 54.0 Å². The van der Waals surface area contributed by atoms with E-state index in [1.54, 1.807) is 11.3 Å². The van der Waals surface area contributed by atoms with E-state index in [1.165, 1.54) is 27.0 Å². The van der Waals surface area contributed by atoms with Gasteiger partial charge in [0.2, 0.25) is 5.71 Å². The van der Waals surface area contributed by atoms with Gasteiger partial charge < -0.3 is 4.42 Å². The number of hydrogen-bond acceptors (Lipinski definition) is 4. The molecule has 0 unspecified atom stereocenters. The van der Waals surface area contributed by atoms with Crippen molar-refractivity contribution in [2.75, 3.05) is 0 Å². The van der Waals surface area contributed by atoms with Gasteiger partial charge in [-0.3, -0.25) is 0 Å². The number of benzene rings is 2. The Morgan fingerprint density at radius 2 is 1.58 bits per heavy atom. The van der Waals surface area contributed by atoms with E-state index in [9.17, 15) is 0 Å². The first-order valence-electron chi connectivity index (χ1n) is 10.3. The predicted molar refractivity (Wildman–Crippen MR) is 130 cm³/mol. The topological polar surface area (TPSA) is 38.9 Å². The molecule has 3 nitrogen and oxygen atoms in total. The maximum absolute atomic E-state index is 6.19. The van der Waals surface area contributed by atoms with Crippen molar-refractivity contribution in [3.8, 4) is 21.7 Å². The molecule has 2 aromatic carbocycles. The minimum atomic E-state index is 0.678. The quantitative estimate of drug-likeness (QED) is 0.286. The number of fused-ring (bicyclic) bond motifs is 4. The van der Waals surface area contributed by atoms with Gasteiger partial charge in [0.05, 0.1) is 5.69 Å². The standard InChI is InChI=1S/C27H20N2OS/c1-15-6-4-7-16(2)24(15)23-14-18-11-13-22(29-27(18)31-23)21-9-5-8-19-20-12-10-17(3)28-26(20)30-25(19)21/h4-14H,1-3H3. The fourth-order valence-electron chi connectivity index (χ4n) is 4.37. The molecule has 0 aliphatic rings. The van der Waals surface area contributed by atoms with Crippen molar-refractivity contribution in [2.45, 2.75) is 20.8 Å². The Morgan fingerprint density at radius 1 is 0.774 bits per heavy atom. The molecule has 0 N–H and O–H groups in total. The highest BCUT2D eigenvalue weighted by atomic mass is 32.1. The zero-order valence-corrected chi connectivity index (χ0v) is 18.4. The lowest BCUT2D eigenvalue weighted by molar-refractivity contribution is 0.653. The smallest absolute Gasteiger partial charge is 0.227 e. The van der Waals surface area contributed by atoms with Gasteiger partial charge in [-0.1, -0.05) is 30.3 Å². The number of aromatic nitrogens is 2. The summed E-state index contributed by atoms with van der Waals surface area (Å²) in [6.45, 7) is 6.32. The molecule has 31 heavy (non-hydrogen) atoms. The lowest BCUT2D eigenvalue weighted by Crippen LogP contribution is -1.84. The highest BCUT2D eigenvalue weighted by Crippen LogP contribution is 2.39. The van der Waals surface area contributed by atoms with E-state index in [0.717, 1.165) is 38.1 Å². The van der Waals surface area contributed by atoms with E-state index in [4.69, 9.17) is 9.40 Å². The van der Waals surface area contributed by atoms with E-state index in [-0.39, 0.29) is 0 Å².